The van der Waals surface area contributed by atoms with Gasteiger partial charge in [0.05, 0.1) is 12.7 Å². The van der Waals surface area contributed by atoms with Gasteiger partial charge in [-0.25, -0.2) is 0 Å². The number of thiocarbonyl (C=S) groups is 1. The number of rotatable bonds is 3. The molecule has 0 fully saturated rings. The fraction of sp³-hybridized carbons (Fsp3) is 0.125. The van der Waals surface area contributed by atoms with E-state index in [-0.39, 0.29) is 5.11 Å². The van der Waals surface area contributed by atoms with Crippen LogP contribution in [0.4, 0.5) is 5.69 Å². The van der Waals surface area contributed by atoms with E-state index in [1.807, 2.05) is 13.0 Å². The Labute approximate surface area is 149 Å². The van der Waals surface area contributed by atoms with Crippen molar-refractivity contribution >= 4 is 52.1 Å². The molecule has 7 heteroatoms. The number of hydrogen-bond donors (Lipinski definition) is 2. The molecule has 0 saturated heterocycles. The van der Waals surface area contributed by atoms with Gasteiger partial charge < -0.3 is 10.1 Å². The largest absolute Gasteiger partial charge is 0.496 e. The fourth-order valence-electron chi connectivity index (χ4n) is 1.92. The Balaban J connectivity index is 2.13. The van der Waals surface area contributed by atoms with E-state index in [4.69, 9.17) is 40.2 Å². The second-order valence-electron chi connectivity index (χ2n) is 4.67. The Kier molecular flexibility index (Phi) is 5.82. The predicted octanol–water partition coefficient (Wildman–Crippen LogP) is 4.44. The molecule has 0 heterocycles. The average Bonchev–Trinajstić information content (AvgIpc) is 2.51. The monoisotopic (exact) mass is 368 g/mol. The van der Waals surface area contributed by atoms with Gasteiger partial charge in [-0.15, -0.1) is 0 Å². The molecule has 0 atom stereocenters. The van der Waals surface area contributed by atoms with Gasteiger partial charge in [-0.05, 0) is 55.0 Å². The van der Waals surface area contributed by atoms with Crippen molar-refractivity contribution in [3.05, 3.63) is 57.6 Å². The van der Waals surface area contributed by atoms with Crippen LogP contribution in [0.2, 0.25) is 10.0 Å². The molecule has 0 aromatic heterocycles. The van der Waals surface area contributed by atoms with Gasteiger partial charge in [0.15, 0.2) is 5.11 Å². The summed E-state index contributed by atoms with van der Waals surface area (Å²) in [5.41, 5.74) is 1.86. The molecule has 0 radical (unpaired) electrons. The lowest BCUT2D eigenvalue weighted by atomic mass is 10.2. The lowest BCUT2D eigenvalue weighted by Crippen LogP contribution is -2.34. The van der Waals surface area contributed by atoms with Crippen LogP contribution in [0.1, 0.15) is 15.9 Å². The van der Waals surface area contributed by atoms with E-state index in [9.17, 15) is 4.79 Å². The third kappa shape index (κ3) is 4.34. The highest BCUT2D eigenvalue weighted by atomic mass is 35.5. The molecule has 2 N–H and O–H groups in total. The van der Waals surface area contributed by atoms with Crippen LogP contribution in [0.25, 0.3) is 0 Å². The lowest BCUT2D eigenvalue weighted by molar-refractivity contribution is 0.0975. The van der Waals surface area contributed by atoms with Gasteiger partial charge in [0.25, 0.3) is 5.91 Å². The Hall–Kier alpha value is -1.82. The number of benzene rings is 2. The summed E-state index contributed by atoms with van der Waals surface area (Å²) in [5, 5.41) is 6.74. The van der Waals surface area contributed by atoms with Crippen molar-refractivity contribution in [2.24, 2.45) is 0 Å². The van der Waals surface area contributed by atoms with Crippen molar-refractivity contribution < 1.29 is 9.53 Å². The van der Waals surface area contributed by atoms with E-state index >= 15 is 0 Å². The van der Waals surface area contributed by atoms with Crippen molar-refractivity contribution in [2.45, 2.75) is 6.92 Å². The van der Waals surface area contributed by atoms with Crippen LogP contribution < -0.4 is 15.4 Å². The molecule has 0 unspecified atom stereocenters. The Bertz CT molecular complexity index is 766. The van der Waals surface area contributed by atoms with Gasteiger partial charge in [-0.2, -0.15) is 0 Å². The Morgan fingerprint density at radius 3 is 2.65 bits per heavy atom. The smallest absolute Gasteiger partial charge is 0.261 e. The summed E-state index contributed by atoms with van der Waals surface area (Å²) in [4.78, 5) is 12.3. The van der Waals surface area contributed by atoms with Crippen LogP contribution >= 0.6 is 35.4 Å². The Morgan fingerprint density at radius 2 is 1.96 bits per heavy atom. The third-order valence-corrected chi connectivity index (χ3v) is 4.00. The van der Waals surface area contributed by atoms with Crippen LogP contribution in [0.5, 0.6) is 5.75 Å². The first-order valence-electron chi connectivity index (χ1n) is 6.63. The van der Waals surface area contributed by atoms with Crippen molar-refractivity contribution in [2.75, 3.05) is 12.4 Å². The van der Waals surface area contributed by atoms with Gasteiger partial charge in [0.2, 0.25) is 0 Å². The maximum absolute atomic E-state index is 12.3. The molecule has 2 rings (SSSR count). The number of hydrogen-bond acceptors (Lipinski definition) is 3. The molecule has 23 heavy (non-hydrogen) atoms. The normalized spacial score (nSPS) is 10.1. The minimum atomic E-state index is -0.415. The van der Waals surface area contributed by atoms with Crippen LogP contribution in [0, 0.1) is 6.92 Å². The van der Waals surface area contributed by atoms with Gasteiger partial charge in [0.1, 0.15) is 5.75 Å². The van der Waals surface area contributed by atoms with Crippen molar-refractivity contribution in [3.63, 3.8) is 0 Å². The summed E-state index contributed by atoms with van der Waals surface area (Å²) < 4.78 is 5.16. The molecular weight excluding hydrogens is 355 g/mol. The number of carbonyl (C=O) groups is 1. The van der Waals surface area contributed by atoms with Crippen LogP contribution in [-0.2, 0) is 0 Å². The van der Waals surface area contributed by atoms with Gasteiger partial charge in [-0.1, -0.05) is 29.3 Å². The summed E-state index contributed by atoms with van der Waals surface area (Å²) in [5.74, 6) is -0.00447. The minimum absolute atomic E-state index is 0.155. The SMILES string of the molecule is COc1ccc(Cl)cc1C(=O)NC(=S)Nc1cccc(Cl)c1C. The zero-order valence-electron chi connectivity index (χ0n) is 12.4. The van der Waals surface area contributed by atoms with Crippen molar-refractivity contribution in [1.82, 2.24) is 5.32 Å². The highest BCUT2D eigenvalue weighted by molar-refractivity contribution is 7.80. The first-order chi connectivity index (χ1) is 10.9. The molecule has 2 aromatic carbocycles. The van der Waals surface area contributed by atoms with Crippen molar-refractivity contribution in [3.8, 4) is 5.75 Å². The average molecular weight is 369 g/mol. The second kappa shape index (κ2) is 7.64. The lowest BCUT2D eigenvalue weighted by Gasteiger charge is -2.13. The maximum atomic E-state index is 12.3. The molecule has 1 amide bonds. The molecule has 120 valence electrons. The topological polar surface area (TPSA) is 50.4 Å². The molecule has 0 aliphatic carbocycles. The zero-order chi connectivity index (χ0) is 17.0. The van der Waals surface area contributed by atoms with Gasteiger partial charge >= 0.3 is 0 Å². The standard InChI is InChI=1S/C16H14Cl2N2O2S/c1-9-12(18)4-3-5-13(9)19-16(23)20-15(21)11-8-10(17)6-7-14(11)22-2/h3-8H,1-2H3,(H2,19,20,21,23). The third-order valence-electron chi connectivity index (χ3n) is 3.15. The summed E-state index contributed by atoms with van der Waals surface area (Å²) in [6.45, 7) is 1.86. The van der Waals surface area contributed by atoms with E-state index in [0.29, 0.717) is 21.4 Å². The molecular formula is C16H14Cl2N2O2S. The number of carbonyl (C=O) groups excluding carboxylic acids is 1. The van der Waals surface area contributed by atoms with Crippen LogP contribution in [0.15, 0.2) is 36.4 Å². The number of methoxy groups -OCH3 is 1. The number of nitrogens with one attached hydrogen (secondary N) is 2. The van der Waals surface area contributed by atoms with Crippen molar-refractivity contribution in [1.29, 1.82) is 0 Å². The van der Waals surface area contributed by atoms with E-state index in [2.05, 4.69) is 10.6 Å². The molecule has 0 saturated carbocycles. The first-order valence-corrected chi connectivity index (χ1v) is 7.79. The van der Waals surface area contributed by atoms with Crippen LogP contribution in [0.3, 0.4) is 0 Å². The molecule has 0 aliphatic rings. The first kappa shape index (κ1) is 17.5. The van der Waals surface area contributed by atoms with Gasteiger partial charge in [0, 0.05) is 15.7 Å². The number of amides is 1. The predicted molar refractivity (Wildman–Crippen MR) is 97.9 cm³/mol. The Morgan fingerprint density at radius 1 is 1.22 bits per heavy atom. The maximum Gasteiger partial charge on any atom is 0.261 e. The minimum Gasteiger partial charge on any atom is -0.496 e. The number of ether oxygens (including phenoxy) is 1. The zero-order valence-corrected chi connectivity index (χ0v) is 14.8. The quantitative estimate of drug-likeness (QED) is 0.786. The fourth-order valence-corrected chi connectivity index (χ4v) is 2.47. The summed E-state index contributed by atoms with van der Waals surface area (Å²) in [6, 6.07) is 10.2. The van der Waals surface area contributed by atoms with E-state index < -0.39 is 5.91 Å². The van der Waals surface area contributed by atoms with Gasteiger partial charge in [-0.3, -0.25) is 10.1 Å². The molecule has 0 bridgehead atoms. The number of anilines is 1. The van der Waals surface area contributed by atoms with E-state index in [1.165, 1.54) is 13.2 Å². The summed E-state index contributed by atoms with van der Waals surface area (Å²) in [7, 11) is 1.48. The van der Waals surface area contributed by atoms with E-state index in [0.717, 1.165) is 11.3 Å². The molecule has 2 aromatic rings. The van der Waals surface area contributed by atoms with Crippen LogP contribution in [-0.4, -0.2) is 18.1 Å². The summed E-state index contributed by atoms with van der Waals surface area (Å²) >= 11 is 17.1. The highest BCUT2D eigenvalue weighted by Crippen LogP contribution is 2.24. The summed E-state index contributed by atoms with van der Waals surface area (Å²) in [6.07, 6.45) is 0. The molecule has 0 aliphatic heterocycles. The second-order valence-corrected chi connectivity index (χ2v) is 5.92. The van der Waals surface area contributed by atoms with E-state index in [1.54, 1.807) is 24.3 Å². The molecule has 0 spiro atoms. The number of halogens is 2. The highest BCUT2D eigenvalue weighted by Gasteiger charge is 2.15. The molecule has 4 nitrogen and oxygen atoms in total.